The molecule has 4 aromatic rings. The van der Waals surface area contributed by atoms with E-state index < -0.39 is 5.56 Å². The monoisotopic (exact) mass is 429 g/mol. The molecule has 0 saturated carbocycles. The van der Waals surface area contributed by atoms with Crippen molar-refractivity contribution in [3.8, 4) is 17.1 Å². The third kappa shape index (κ3) is 2.45. The summed E-state index contributed by atoms with van der Waals surface area (Å²) in [6.07, 6.45) is 0.220. The first-order valence-corrected chi connectivity index (χ1v) is 10.6. The summed E-state index contributed by atoms with van der Waals surface area (Å²) in [6, 6.07) is 14.7. The number of aromatic nitrogens is 2. The fourth-order valence-electron chi connectivity index (χ4n) is 4.47. The SMILES string of the molecule is COc1ccc(C2CC(=O)Nc3sc4c(=O)nc5n(c4c32)C(=O)c2ccccc2-5)cc1. The highest BCUT2D eigenvalue weighted by atomic mass is 32.1. The molecule has 1 atom stereocenters. The number of nitrogens with one attached hydrogen (secondary N) is 1. The lowest BCUT2D eigenvalue weighted by molar-refractivity contribution is -0.116. The highest BCUT2D eigenvalue weighted by molar-refractivity contribution is 7.23. The molecule has 0 bridgehead atoms. The van der Waals surface area contributed by atoms with Crippen LogP contribution in [0.2, 0.25) is 0 Å². The number of carbonyl (C=O) groups excluding carboxylic acids is 2. The third-order valence-corrected chi connectivity index (χ3v) is 6.96. The summed E-state index contributed by atoms with van der Waals surface area (Å²) in [5.74, 6) is 0.430. The van der Waals surface area contributed by atoms with Crippen molar-refractivity contribution in [3.63, 3.8) is 0 Å². The molecule has 1 amide bonds. The molecule has 2 aromatic carbocycles. The Hall–Kier alpha value is -3.78. The molecule has 1 N–H and O–H groups in total. The van der Waals surface area contributed by atoms with Crippen LogP contribution in [-0.2, 0) is 4.79 Å². The molecule has 0 saturated heterocycles. The summed E-state index contributed by atoms with van der Waals surface area (Å²) < 4.78 is 7.16. The molecular weight excluding hydrogens is 414 g/mol. The fourth-order valence-corrected chi connectivity index (χ4v) is 5.62. The number of hydrogen-bond acceptors (Lipinski definition) is 6. The second-order valence-corrected chi connectivity index (χ2v) is 8.55. The maximum Gasteiger partial charge on any atom is 0.291 e. The average molecular weight is 429 g/mol. The van der Waals surface area contributed by atoms with Crippen LogP contribution in [0.5, 0.6) is 5.75 Å². The van der Waals surface area contributed by atoms with E-state index in [0.29, 0.717) is 37.9 Å². The van der Waals surface area contributed by atoms with E-state index in [-0.39, 0.29) is 24.2 Å². The molecule has 0 spiro atoms. The number of ether oxygens (including phenoxy) is 1. The van der Waals surface area contributed by atoms with E-state index in [1.54, 1.807) is 25.3 Å². The number of carbonyl (C=O) groups is 2. The van der Waals surface area contributed by atoms with Gasteiger partial charge in [-0.3, -0.25) is 19.0 Å². The van der Waals surface area contributed by atoms with Crippen LogP contribution in [0.3, 0.4) is 0 Å². The molecule has 4 heterocycles. The molecule has 2 aromatic heterocycles. The van der Waals surface area contributed by atoms with Gasteiger partial charge in [-0.15, -0.1) is 11.3 Å². The van der Waals surface area contributed by atoms with Crippen LogP contribution < -0.4 is 15.6 Å². The molecule has 2 aliphatic rings. The van der Waals surface area contributed by atoms with Crippen molar-refractivity contribution in [2.75, 3.05) is 12.4 Å². The van der Waals surface area contributed by atoms with Crippen LogP contribution in [-0.4, -0.2) is 28.5 Å². The Morgan fingerprint density at radius 3 is 2.55 bits per heavy atom. The summed E-state index contributed by atoms with van der Waals surface area (Å²) in [4.78, 5) is 42.9. The Morgan fingerprint density at radius 1 is 1.06 bits per heavy atom. The second-order valence-electron chi connectivity index (χ2n) is 7.53. The third-order valence-electron chi connectivity index (χ3n) is 5.87. The fraction of sp³-hybridized carbons (Fsp3) is 0.130. The van der Waals surface area contributed by atoms with Crippen molar-refractivity contribution in [1.29, 1.82) is 0 Å². The molecule has 7 nitrogen and oxygen atoms in total. The van der Waals surface area contributed by atoms with Crippen LogP contribution >= 0.6 is 11.3 Å². The number of methoxy groups -OCH3 is 1. The lowest BCUT2D eigenvalue weighted by Crippen LogP contribution is -2.23. The molecular formula is C23H15N3O4S. The lowest BCUT2D eigenvalue weighted by atomic mass is 9.86. The van der Waals surface area contributed by atoms with Crippen molar-refractivity contribution in [2.45, 2.75) is 12.3 Å². The van der Waals surface area contributed by atoms with Crippen molar-refractivity contribution >= 4 is 38.4 Å². The zero-order chi connectivity index (χ0) is 21.3. The normalized spacial score (nSPS) is 16.6. The van der Waals surface area contributed by atoms with Gasteiger partial charge in [-0.2, -0.15) is 4.98 Å². The molecule has 0 fully saturated rings. The van der Waals surface area contributed by atoms with Gasteiger partial charge in [-0.05, 0) is 23.8 Å². The number of thiophene rings is 1. The van der Waals surface area contributed by atoms with E-state index in [4.69, 9.17) is 4.74 Å². The topological polar surface area (TPSA) is 90.3 Å². The Balaban J connectivity index is 1.67. The van der Waals surface area contributed by atoms with Crippen molar-refractivity contribution in [1.82, 2.24) is 9.55 Å². The van der Waals surface area contributed by atoms with Crippen LogP contribution in [0.1, 0.15) is 33.8 Å². The van der Waals surface area contributed by atoms with Gasteiger partial charge in [0.1, 0.15) is 15.5 Å². The number of rotatable bonds is 2. The molecule has 6 rings (SSSR count). The van der Waals surface area contributed by atoms with Crippen LogP contribution in [0.25, 0.3) is 21.6 Å². The number of amides is 1. The quantitative estimate of drug-likeness (QED) is 0.463. The number of fused-ring (bicyclic) bond motifs is 7. The number of anilines is 1. The first-order chi connectivity index (χ1) is 15.1. The van der Waals surface area contributed by atoms with E-state index in [9.17, 15) is 14.4 Å². The summed E-state index contributed by atoms with van der Waals surface area (Å²) in [6.45, 7) is 0. The number of nitrogens with zero attached hydrogens (tertiary/aromatic N) is 2. The van der Waals surface area contributed by atoms with Gasteiger partial charge in [0.05, 0.1) is 18.2 Å². The van der Waals surface area contributed by atoms with Crippen LogP contribution in [0.4, 0.5) is 5.00 Å². The minimum Gasteiger partial charge on any atom is -0.497 e. The highest BCUT2D eigenvalue weighted by Gasteiger charge is 2.37. The van der Waals surface area contributed by atoms with Gasteiger partial charge in [0, 0.05) is 23.5 Å². The maximum atomic E-state index is 13.3. The zero-order valence-corrected chi connectivity index (χ0v) is 17.2. The predicted molar refractivity (Wildman–Crippen MR) is 117 cm³/mol. The molecule has 1 unspecified atom stereocenters. The van der Waals surface area contributed by atoms with E-state index in [1.165, 1.54) is 15.9 Å². The Kier molecular flexibility index (Phi) is 3.70. The van der Waals surface area contributed by atoms with Gasteiger partial charge in [-0.1, -0.05) is 30.3 Å². The molecule has 8 heteroatoms. The molecule has 31 heavy (non-hydrogen) atoms. The van der Waals surface area contributed by atoms with Crippen molar-refractivity contribution < 1.29 is 14.3 Å². The lowest BCUT2D eigenvalue weighted by Gasteiger charge is -2.24. The smallest absolute Gasteiger partial charge is 0.291 e. The van der Waals surface area contributed by atoms with Gasteiger partial charge in [0.15, 0.2) is 5.82 Å². The molecule has 0 aliphatic carbocycles. The van der Waals surface area contributed by atoms with E-state index >= 15 is 0 Å². The summed E-state index contributed by atoms with van der Waals surface area (Å²) in [7, 11) is 1.60. The maximum absolute atomic E-state index is 13.3. The van der Waals surface area contributed by atoms with E-state index in [1.807, 2.05) is 30.3 Å². The second kappa shape index (κ2) is 6.36. The molecule has 152 valence electrons. The largest absolute Gasteiger partial charge is 0.497 e. The first-order valence-electron chi connectivity index (χ1n) is 9.74. The van der Waals surface area contributed by atoms with Crippen LogP contribution in [0, 0.1) is 0 Å². The first kappa shape index (κ1) is 18.0. The van der Waals surface area contributed by atoms with Crippen LogP contribution in [0.15, 0.2) is 53.3 Å². The van der Waals surface area contributed by atoms with Gasteiger partial charge in [-0.25, -0.2) is 0 Å². The van der Waals surface area contributed by atoms with Crippen molar-refractivity contribution in [3.05, 3.63) is 75.6 Å². The van der Waals surface area contributed by atoms with Gasteiger partial charge in [0.2, 0.25) is 5.91 Å². The van der Waals surface area contributed by atoms with E-state index in [0.717, 1.165) is 11.1 Å². The van der Waals surface area contributed by atoms with E-state index in [2.05, 4.69) is 10.3 Å². The minimum atomic E-state index is -0.395. The van der Waals surface area contributed by atoms with Gasteiger partial charge >= 0.3 is 0 Å². The number of hydrogen-bond donors (Lipinski definition) is 1. The Labute approximate surface area is 179 Å². The predicted octanol–water partition coefficient (Wildman–Crippen LogP) is 3.61. The zero-order valence-electron chi connectivity index (χ0n) is 16.3. The summed E-state index contributed by atoms with van der Waals surface area (Å²) in [5.41, 5.74) is 3.00. The standard InChI is InChI=1S/C23H15N3O4S/c1-30-12-8-6-11(7-9-12)15-10-16(27)24-22-17(15)18-19(31-22)21(28)25-20-13-4-2-3-5-14(13)23(29)26(18)20/h2-9,15H,10H2,1H3,(H,24,27). The highest BCUT2D eigenvalue weighted by Crippen LogP contribution is 2.47. The van der Waals surface area contributed by atoms with Gasteiger partial charge < -0.3 is 10.1 Å². The Bertz CT molecular complexity index is 1480. The van der Waals surface area contributed by atoms with Gasteiger partial charge in [0.25, 0.3) is 11.5 Å². The summed E-state index contributed by atoms with van der Waals surface area (Å²) >= 11 is 1.18. The molecule has 2 aliphatic heterocycles. The summed E-state index contributed by atoms with van der Waals surface area (Å²) in [5, 5.41) is 3.48. The van der Waals surface area contributed by atoms with Crippen molar-refractivity contribution in [2.24, 2.45) is 0 Å². The Morgan fingerprint density at radius 2 is 1.81 bits per heavy atom. The minimum absolute atomic E-state index is 0.128. The number of benzene rings is 2. The molecule has 0 radical (unpaired) electrons. The average Bonchev–Trinajstić information content (AvgIpc) is 3.30.